The van der Waals surface area contributed by atoms with Crippen molar-refractivity contribution >= 4 is 15.2 Å². The van der Waals surface area contributed by atoms with Gasteiger partial charge in [-0.3, -0.25) is 9.13 Å². The van der Waals surface area contributed by atoms with Crippen molar-refractivity contribution in [3.63, 3.8) is 0 Å². The summed E-state index contributed by atoms with van der Waals surface area (Å²) >= 11 is 0. The van der Waals surface area contributed by atoms with E-state index in [2.05, 4.69) is 4.52 Å². The van der Waals surface area contributed by atoms with Gasteiger partial charge in [0.05, 0.1) is 12.3 Å². The molecule has 0 aromatic carbocycles. The molecular weight excluding hydrogens is 230 g/mol. The van der Waals surface area contributed by atoms with Crippen LogP contribution in [-0.2, 0) is 13.7 Å². The van der Waals surface area contributed by atoms with Gasteiger partial charge in [-0.05, 0) is 5.41 Å². The maximum absolute atomic E-state index is 11.2. The van der Waals surface area contributed by atoms with Crippen LogP contribution in [0.15, 0.2) is 0 Å². The van der Waals surface area contributed by atoms with Gasteiger partial charge in [0.15, 0.2) is 0 Å². The van der Waals surface area contributed by atoms with Crippen LogP contribution >= 0.6 is 15.2 Å². The van der Waals surface area contributed by atoms with Crippen molar-refractivity contribution in [2.45, 2.75) is 13.8 Å². The van der Waals surface area contributed by atoms with Crippen LogP contribution in [0.2, 0.25) is 0 Å². The summed E-state index contributed by atoms with van der Waals surface area (Å²) in [5.74, 6) is 0. The molecule has 0 rings (SSSR count). The van der Waals surface area contributed by atoms with E-state index >= 15 is 0 Å². The molecule has 0 bridgehead atoms. The molecule has 3 N–H and O–H groups in total. The third-order valence-electron chi connectivity index (χ3n) is 1.55. The van der Waals surface area contributed by atoms with Crippen molar-refractivity contribution in [1.29, 1.82) is 0 Å². The van der Waals surface area contributed by atoms with Gasteiger partial charge in [0, 0.05) is 7.11 Å². The van der Waals surface area contributed by atoms with Gasteiger partial charge in [0.25, 0.3) is 0 Å². The Hall–Kier alpha value is 0.300. The van der Waals surface area contributed by atoms with Crippen molar-refractivity contribution in [3.8, 4) is 0 Å². The van der Waals surface area contributed by atoms with Crippen molar-refractivity contribution in [1.82, 2.24) is 0 Å². The normalized spacial score (nSPS) is 17.9. The zero-order chi connectivity index (χ0) is 11.6. The van der Waals surface area contributed by atoms with Gasteiger partial charge < -0.3 is 19.2 Å². The number of rotatable bonds is 5. The maximum atomic E-state index is 11.2. The molecule has 0 fully saturated rings. The summed E-state index contributed by atoms with van der Waals surface area (Å²) in [5.41, 5.74) is -0.931. The predicted molar refractivity (Wildman–Crippen MR) is 52.4 cm³/mol. The molecule has 14 heavy (non-hydrogen) atoms. The molecule has 86 valence electrons. The largest absolute Gasteiger partial charge is 0.328 e. The average molecular weight is 246 g/mol. The second kappa shape index (κ2) is 4.44. The van der Waals surface area contributed by atoms with E-state index in [0.717, 1.165) is 7.11 Å². The Morgan fingerprint density at radius 2 is 1.57 bits per heavy atom. The average Bonchev–Trinajstić information content (AvgIpc) is 1.78. The second-order valence-electron chi connectivity index (χ2n) is 3.97. The molecule has 0 amide bonds. The van der Waals surface area contributed by atoms with Gasteiger partial charge in [0.2, 0.25) is 0 Å². The number of hydrogen-bond acceptors (Lipinski definition) is 3. The third-order valence-corrected chi connectivity index (χ3v) is 4.64. The topological polar surface area (TPSA) is 104 Å². The lowest BCUT2D eigenvalue weighted by Gasteiger charge is -2.26. The van der Waals surface area contributed by atoms with Crippen LogP contribution < -0.4 is 0 Å². The minimum absolute atomic E-state index is 0.276. The smallest absolute Gasteiger partial charge is 0.324 e. The van der Waals surface area contributed by atoms with Crippen LogP contribution in [0, 0.1) is 5.41 Å². The Labute approximate surface area is 83.0 Å². The third kappa shape index (κ3) is 6.71. The Kier molecular flexibility index (Phi) is 4.53. The highest BCUT2D eigenvalue weighted by atomic mass is 31.2. The molecule has 0 saturated carbocycles. The van der Waals surface area contributed by atoms with Crippen LogP contribution in [0.1, 0.15) is 13.8 Å². The molecule has 6 nitrogen and oxygen atoms in total. The molecule has 0 aliphatic heterocycles. The van der Waals surface area contributed by atoms with Gasteiger partial charge >= 0.3 is 15.2 Å². The lowest BCUT2D eigenvalue weighted by atomic mass is 10.0. The van der Waals surface area contributed by atoms with Gasteiger partial charge in [-0.2, -0.15) is 0 Å². The Morgan fingerprint density at radius 1 is 1.14 bits per heavy atom. The van der Waals surface area contributed by atoms with Crippen molar-refractivity contribution in [2.75, 3.05) is 19.4 Å². The fourth-order valence-electron chi connectivity index (χ4n) is 1.21. The fraction of sp³-hybridized carbons (Fsp3) is 1.00. The highest BCUT2D eigenvalue weighted by Crippen LogP contribution is 2.51. The highest BCUT2D eigenvalue weighted by molar-refractivity contribution is 7.53. The van der Waals surface area contributed by atoms with Crippen LogP contribution in [0.25, 0.3) is 0 Å². The first-order valence-corrected chi connectivity index (χ1v) is 7.46. The molecule has 0 spiro atoms. The van der Waals surface area contributed by atoms with E-state index in [0.29, 0.717) is 0 Å². The molecule has 0 aromatic heterocycles. The molecule has 0 heterocycles. The SMILES string of the molecule is COP(=O)(O)CC(C)(C)CP(=O)(O)O. The van der Waals surface area contributed by atoms with Gasteiger partial charge in [-0.1, -0.05) is 13.8 Å². The highest BCUT2D eigenvalue weighted by Gasteiger charge is 2.35. The van der Waals surface area contributed by atoms with Gasteiger partial charge in [0.1, 0.15) is 0 Å². The van der Waals surface area contributed by atoms with E-state index in [1.54, 1.807) is 0 Å². The van der Waals surface area contributed by atoms with Crippen LogP contribution in [0.5, 0.6) is 0 Å². The molecule has 0 aliphatic rings. The first-order chi connectivity index (χ1) is 5.97. The number of hydrogen-bond donors (Lipinski definition) is 3. The van der Waals surface area contributed by atoms with Crippen LogP contribution in [-0.4, -0.2) is 34.1 Å². The first-order valence-electron chi connectivity index (χ1n) is 3.90. The minimum atomic E-state index is -4.17. The zero-order valence-electron chi connectivity index (χ0n) is 8.38. The molecule has 8 heteroatoms. The van der Waals surface area contributed by atoms with E-state index < -0.39 is 26.8 Å². The minimum Gasteiger partial charge on any atom is -0.324 e. The Morgan fingerprint density at radius 3 is 1.86 bits per heavy atom. The Balaban J connectivity index is 4.51. The molecule has 0 aliphatic carbocycles. The predicted octanol–water partition coefficient (Wildman–Crippen LogP) is 1.02. The van der Waals surface area contributed by atoms with Crippen molar-refractivity contribution in [3.05, 3.63) is 0 Å². The van der Waals surface area contributed by atoms with Crippen molar-refractivity contribution in [2.24, 2.45) is 5.41 Å². The van der Waals surface area contributed by atoms with E-state index in [9.17, 15) is 9.13 Å². The summed E-state index contributed by atoms with van der Waals surface area (Å²) in [6.45, 7) is 3.02. The monoisotopic (exact) mass is 246 g/mol. The quantitative estimate of drug-likeness (QED) is 0.625. The molecule has 1 unspecified atom stereocenters. The van der Waals surface area contributed by atoms with Crippen LogP contribution in [0.4, 0.5) is 0 Å². The standard InChI is InChI=1S/C6H16O6P2/c1-6(2,4-13(7,8)9)5-14(10,11)12-3/h4-5H2,1-3H3,(H,10,11)(H2,7,8,9). The second-order valence-corrected chi connectivity index (χ2v) is 7.57. The zero-order valence-corrected chi connectivity index (χ0v) is 10.2. The summed E-state index contributed by atoms with van der Waals surface area (Å²) in [6.07, 6.45) is -0.713. The first kappa shape index (κ1) is 14.3. The lowest BCUT2D eigenvalue weighted by molar-refractivity contribution is 0.291. The van der Waals surface area contributed by atoms with E-state index in [-0.39, 0.29) is 6.16 Å². The molecule has 0 saturated heterocycles. The maximum Gasteiger partial charge on any atom is 0.328 e. The summed E-state index contributed by atoms with van der Waals surface area (Å²) < 4.78 is 26.2. The summed E-state index contributed by atoms with van der Waals surface area (Å²) in [4.78, 5) is 26.6. The fourth-order valence-corrected chi connectivity index (χ4v) is 3.94. The van der Waals surface area contributed by atoms with Gasteiger partial charge in [-0.15, -0.1) is 0 Å². The molecule has 0 radical (unpaired) electrons. The molecule has 0 aromatic rings. The molecular formula is C6H16O6P2. The van der Waals surface area contributed by atoms with Crippen LogP contribution in [0.3, 0.4) is 0 Å². The van der Waals surface area contributed by atoms with E-state index in [1.807, 2.05) is 0 Å². The summed E-state index contributed by atoms with van der Waals surface area (Å²) in [5, 5.41) is 0. The van der Waals surface area contributed by atoms with E-state index in [4.69, 9.17) is 14.7 Å². The van der Waals surface area contributed by atoms with Gasteiger partial charge in [-0.25, -0.2) is 0 Å². The van der Waals surface area contributed by atoms with Crippen molar-refractivity contribution < 1.29 is 28.3 Å². The van der Waals surface area contributed by atoms with E-state index in [1.165, 1.54) is 13.8 Å². The summed E-state index contributed by atoms with van der Waals surface area (Å²) in [6, 6.07) is 0. The summed E-state index contributed by atoms with van der Waals surface area (Å²) in [7, 11) is -6.80. The molecule has 1 atom stereocenters. The lowest BCUT2D eigenvalue weighted by Crippen LogP contribution is -2.22. The Bertz CT molecular complexity index is 280.